The molecule has 1 atom stereocenters. The molecule has 0 aromatic carbocycles. The van der Waals surface area contributed by atoms with Crippen LogP contribution in [0.25, 0.3) is 0 Å². The molecule has 26 heavy (non-hydrogen) atoms. The van der Waals surface area contributed by atoms with Gasteiger partial charge in [0.1, 0.15) is 11.5 Å². The number of anilines is 1. The van der Waals surface area contributed by atoms with Crippen LogP contribution in [0.3, 0.4) is 0 Å². The number of pyridine rings is 1. The number of Topliss-reactive ketones (excluding diaryl/α,β-unsaturated/α-hetero) is 1. The fraction of sp³-hybridized carbons (Fsp3) is 0.368. The Morgan fingerprint density at radius 3 is 2.77 bits per heavy atom. The van der Waals surface area contributed by atoms with E-state index in [0.29, 0.717) is 30.2 Å². The summed E-state index contributed by atoms with van der Waals surface area (Å²) in [5, 5.41) is 2.82. The molecular weight excluding hydrogens is 332 g/mol. The van der Waals surface area contributed by atoms with Gasteiger partial charge in [-0.15, -0.1) is 0 Å². The van der Waals surface area contributed by atoms with Crippen molar-refractivity contribution in [1.29, 1.82) is 0 Å². The summed E-state index contributed by atoms with van der Waals surface area (Å²) in [6, 6.07) is 5.21. The molecule has 1 aliphatic heterocycles. The molecule has 0 spiro atoms. The van der Waals surface area contributed by atoms with E-state index in [1.54, 1.807) is 23.2 Å². The predicted molar refractivity (Wildman–Crippen MR) is 97.0 cm³/mol. The minimum atomic E-state index is -0.280. The van der Waals surface area contributed by atoms with Crippen LogP contribution in [0.4, 0.5) is 5.82 Å². The first kappa shape index (κ1) is 17.8. The Balaban J connectivity index is 1.64. The van der Waals surface area contributed by atoms with Crippen molar-refractivity contribution in [3.05, 3.63) is 47.4 Å². The summed E-state index contributed by atoms with van der Waals surface area (Å²) in [5.74, 6) is -0.183. The maximum absolute atomic E-state index is 12.6. The lowest BCUT2D eigenvalue weighted by Gasteiger charge is -2.31. The van der Waals surface area contributed by atoms with Crippen LogP contribution in [0.1, 0.15) is 46.2 Å². The second-order valence-corrected chi connectivity index (χ2v) is 6.66. The Bertz CT molecular complexity index is 826. The molecule has 2 aromatic heterocycles. The molecule has 3 heterocycles. The first-order valence-corrected chi connectivity index (χ1v) is 8.66. The Labute approximate surface area is 151 Å². The largest absolute Gasteiger partial charge is 0.356 e. The number of nitrogens with one attached hydrogen (secondary N) is 2. The summed E-state index contributed by atoms with van der Waals surface area (Å²) < 4.78 is 0. The first-order chi connectivity index (χ1) is 12.4. The van der Waals surface area contributed by atoms with Crippen molar-refractivity contribution in [2.45, 2.75) is 26.7 Å². The average molecular weight is 354 g/mol. The predicted octanol–water partition coefficient (Wildman–Crippen LogP) is 2.41. The number of amides is 2. The van der Waals surface area contributed by atoms with Crippen molar-refractivity contribution in [3.8, 4) is 0 Å². The molecule has 7 heteroatoms. The van der Waals surface area contributed by atoms with Gasteiger partial charge in [-0.25, -0.2) is 4.98 Å². The van der Waals surface area contributed by atoms with E-state index < -0.39 is 0 Å². The zero-order valence-corrected chi connectivity index (χ0v) is 14.9. The highest BCUT2D eigenvalue weighted by atomic mass is 16.2. The van der Waals surface area contributed by atoms with Crippen LogP contribution in [0, 0.1) is 12.8 Å². The molecule has 0 unspecified atom stereocenters. The first-order valence-electron chi connectivity index (χ1n) is 8.66. The second kappa shape index (κ2) is 7.51. The summed E-state index contributed by atoms with van der Waals surface area (Å²) in [6.45, 7) is 4.34. The van der Waals surface area contributed by atoms with Gasteiger partial charge in [-0.1, -0.05) is 6.07 Å². The van der Waals surface area contributed by atoms with Crippen molar-refractivity contribution in [2.75, 3.05) is 18.4 Å². The molecule has 1 aliphatic rings. The molecule has 7 nitrogen and oxygen atoms in total. The van der Waals surface area contributed by atoms with Gasteiger partial charge in [0.15, 0.2) is 5.78 Å². The lowest BCUT2D eigenvalue weighted by atomic mass is 9.97. The highest BCUT2D eigenvalue weighted by Gasteiger charge is 2.29. The summed E-state index contributed by atoms with van der Waals surface area (Å²) in [4.78, 5) is 45.2. The maximum Gasteiger partial charge on any atom is 0.270 e. The zero-order valence-electron chi connectivity index (χ0n) is 14.9. The summed E-state index contributed by atoms with van der Waals surface area (Å²) >= 11 is 0. The fourth-order valence-corrected chi connectivity index (χ4v) is 3.04. The average Bonchev–Trinajstić information content (AvgIpc) is 3.13. The van der Waals surface area contributed by atoms with Gasteiger partial charge in [-0.3, -0.25) is 14.4 Å². The SMILES string of the molecule is CC(=O)c1c[nH]c(C(=O)N2CCC[C@@H](C(=O)Nc3ccc(C)cn3)C2)c1. The van der Waals surface area contributed by atoms with Crippen LogP contribution in [-0.2, 0) is 4.79 Å². The highest BCUT2D eigenvalue weighted by Crippen LogP contribution is 2.20. The quantitative estimate of drug-likeness (QED) is 0.824. The maximum atomic E-state index is 12.6. The third-order valence-electron chi connectivity index (χ3n) is 4.56. The van der Waals surface area contributed by atoms with Gasteiger partial charge in [0, 0.05) is 31.0 Å². The molecule has 136 valence electrons. The Kier molecular flexibility index (Phi) is 5.16. The molecule has 1 saturated heterocycles. The number of carbonyl (C=O) groups is 3. The molecule has 2 amide bonds. The molecule has 3 rings (SSSR count). The molecule has 2 aromatic rings. The number of aryl methyl sites for hydroxylation is 1. The third-order valence-corrected chi connectivity index (χ3v) is 4.56. The van der Waals surface area contributed by atoms with E-state index in [1.165, 1.54) is 13.1 Å². The van der Waals surface area contributed by atoms with Gasteiger partial charge in [0.25, 0.3) is 5.91 Å². The van der Waals surface area contributed by atoms with Crippen LogP contribution in [-0.4, -0.2) is 45.6 Å². The topological polar surface area (TPSA) is 95.2 Å². The van der Waals surface area contributed by atoms with Crippen molar-refractivity contribution < 1.29 is 14.4 Å². The highest BCUT2D eigenvalue weighted by molar-refractivity contribution is 5.99. The van der Waals surface area contributed by atoms with Crippen molar-refractivity contribution in [3.63, 3.8) is 0 Å². The van der Waals surface area contributed by atoms with Crippen LogP contribution < -0.4 is 5.32 Å². The smallest absolute Gasteiger partial charge is 0.270 e. The van der Waals surface area contributed by atoms with Gasteiger partial charge in [0.05, 0.1) is 5.92 Å². The van der Waals surface area contributed by atoms with Gasteiger partial charge in [-0.05, 0) is 44.4 Å². The number of aromatic amines is 1. The number of nitrogens with zero attached hydrogens (tertiary/aromatic N) is 2. The van der Waals surface area contributed by atoms with Crippen LogP contribution in [0.2, 0.25) is 0 Å². The van der Waals surface area contributed by atoms with Crippen molar-refractivity contribution in [2.24, 2.45) is 5.92 Å². The molecular formula is C19H22N4O3. The second-order valence-electron chi connectivity index (χ2n) is 6.66. The summed E-state index contributed by atoms with van der Waals surface area (Å²) in [7, 11) is 0. The number of ketones is 1. The van der Waals surface area contributed by atoms with E-state index in [1.807, 2.05) is 13.0 Å². The number of hydrogen-bond acceptors (Lipinski definition) is 4. The number of likely N-dealkylation sites (tertiary alicyclic amines) is 1. The summed E-state index contributed by atoms with van der Waals surface area (Å²) in [5.41, 5.74) is 1.87. The Morgan fingerprint density at radius 2 is 2.12 bits per heavy atom. The molecule has 0 radical (unpaired) electrons. The fourth-order valence-electron chi connectivity index (χ4n) is 3.04. The standard InChI is InChI=1S/C19H22N4O3/c1-12-5-6-17(21-9-12)22-18(25)14-4-3-7-23(11-14)19(26)16-8-15(10-20-16)13(2)24/h5-6,8-10,14,20H,3-4,7,11H2,1-2H3,(H,21,22,25)/t14-/m1/s1. The lowest BCUT2D eigenvalue weighted by molar-refractivity contribution is -0.121. The molecule has 0 bridgehead atoms. The number of aromatic nitrogens is 2. The van der Waals surface area contributed by atoms with Crippen molar-refractivity contribution in [1.82, 2.24) is 14.9 Å². The van der Waals surface area contributed by atoms with Gasteiger partial charge < -0.3 is 15.2 Å². The van der Waals surface area contributed by atoms with Crippen LogP contribution in [0.5, 0.6) is 0 Å². The van der Waals surface area contributed by atoms with E-state index >= 15 is 0 Å². The molecule has 0 saturated carbocycles. The van der Waals surface area contributed by atoms with Gasteiger partial charge in [0.2, 0.25) is 5.91 Å². The Hall–Kier alpha value is -2.96. The van der Waals surface area contributed by atoms with Crippen molar-refractivity contribution >= 4 is 23.4 Å². The number of H-pyrrole nitrogens is 1. The van der Waals surface area contributed by atoms with E-state index in [9.17, 15) is 14.4 Å². The minimum absolute atomic E-state index is 0.0956. The van der Waals surface area contributed by atoms with E-state index in [-0.39, 0.29) is 23.5 Å². The monoisotopic (exact) mass is 354 g/mol. The lowest BCUT2D eigenvalue weighted by Crippen LogP contribution is -2.44. The number of rotatable bonds is 4. The van der Waals surface area contributed by atoms with Crippen LogP contribution >= 0.6 is 0 Å². The normalized spacial score (nSPS) is 17.0. The van der Waals surface area contributed by atoms with Gasteiger partial charge in [-0.2, -0.15) is 0 Å². The minimum Gasteiger partial charge on any atom is -0.356 e. The summed E-state index contributed by atoms with van der Waals surface area (Å²) in [6.07, 6.45) is 4.72. The molecule has 2 N–H and O–H groups in total. The third kappa shape index (κ3) is 3.99. The molecule has 0 aliphatic carbocycles. The number of carbonyl (C=O) groups excluding carboxylic acids is 3. The number of hydrogen-bond donors (Lipinski definition) is 2. The zero-order chi connectivity index (χ0) is 18.7. The molecule has 1 fully saturated rings. The van der Waals surface area contributed by atoms with Crippen LogP contribution in [0.15, 0.2) is 30.6 Å². The van der Waals surface area contributed by atoms with Gasteiger partial charge >= 0.3 is 0 Å². The number of piperidine rings is 1. The van der Waals surface area contributed by atoms with E-state index in [2.05, 4.69) is 15.3 Å². The Morgan fingerprint density at radius 1 is 1.31 bits per heavy atom. The van der Waals surface area contributed by atoms with E-state index in [4.69, 9.17) is 0 Å². The van der Waals surface area contributed by atoms with E-state index in [0.717, 1.165) is 18.4 Å².